The predicted octanol–water partition coefficient (Wildman–Crippen LogP) is 0.784. The van der Waals surface area contributed by atoms with Crippen LogP contribution in [0.25, 0.3) is 0 Å². The van der Waals surface area contributed by atoms with Crippen molar-refractivity contribution in [2.45, 2.75) is 20.3 Å². The van der Waals surface area contributed by atoms with Gasteiger partial charge in [0.1, 0.15) is 11.6 Å². The van der Waals surface area contributed by atoms with Gasteiger partial charge in [0, 0.05) is 25.6 Å². The summed E-state index contributed by atoms with van der Waals surface area (Å²) in [6, 6.07) is 2.21. The molecule has 1 atom stereocenters. The summed E-state index contributed by atoms with van der Waals surface area (Å²) in [6.07, 6.45) is 0.940. The molecule has 0 spiro atoms. The topological polar surface area (TPSA) is 73.0 Å². The number of rotatable bonds is 2. The molecule has 5 nitrogen and oxygen atoms in total. The lowest BCUT2D eigenvalue weighted by Crippen LogP contribution is -2.23. The minimum absolute atomic E-state index is 0.191. The highest BCUT2D eigenvalue weighted by Gasteiger charge is 2.26. The third-order valence-corrected chi connectivity index (χ3v) is 3.39. The molecular formula is C12H16N4O. The molecule has 0 bridgehead atoms. The van der Waals surface area contributed by atoms with Gasteiger partial charge in [0.05, 0.1) is 5.69 Å². The number of nitriles is 1. The van der Waals surface area contributed by atoms with Crippen LogP contribution < -0.4 is 4.90 Å². The van der Waals surface area contributed by atoms with Gasteiger partial charge in [-0.05, 0) is 25.8 Å². The number of nitrogens with zero attached hydrogens (tertiary/aromatic N) is 4. The summed E-state index contributed by atoms with van der Waals surface area (Å²) >= 11 is 0. The molecule has 1 aromatic heterocycles. The molecule has 1 fully saturated rings. The molecule has 2 heterocycles. The number of anilines is 1. The summed E-state index contributed by atoms with van der Waals surface area (Å²) in [5.41, 5.74) is 2.30. The fourth-order valence-corrected chi connectivity index (χ4v) is 2.13. The van der Waals surface area contributed by atoms with Crippen molar-refractivity contribution < 1.29 is 5.11 Å². The van der Waals surface area contributed by atoms with Gasteiger partial charge in [-0.3, -0.25) is 0 Å². The van der Waals surface area contributed by atoms with Crippen LogP contribution in [0.1, 0.15) is 23.2 Å². The molecule has 1 aliphatic heterocycles. The lowest BCUT2D eigenvalue weighted by Gasteiger charge is -2.19. The van der Waals surface area contributed by atoms with E-state index < -0.39 is 0 Å². The number of aromatic nitrogens is 2. The van der Waals surface area contributed by atoms with Crippen LogP contribution in [0, 0.1) is 31.1 Å². The standard InChI is InChI=1S/C12H16N4O/c1-8-9(2)14-15-12(11(8)5-13)16-4-3-10(6-16)7-17/h10,17H,3-4,6-7H2,1-2H3. The van der Waals surface area contributed by atoms with E-state index in [1.165, 1.54) is 0 Å². The van der Waals surface area contributed by atoms with Crippen LogP contribution in [0.3, 0.4) is 0 Å². The number of hydrogen-bond donors (Lipinski definition) is 1. The maximum absolute atomic E-state index is 9.21. The first-order valence-electron chi connectivity index (χ1n) is 5.77. The van der Waals surface area contributed by atoms with Crippen LogP contribution in [-0.2, 0) is 0 Å². The second-order valence-corrected chi connectivity index (χ2v) is 4.50. The van der Waals surface area contributed by atoms with Crippen molar-refractivity contribution >= 4 is 5.82 Å². The number of aliphatic hydroxyl groups excluding tert-OH is 1. The molecule has 17 heavy (non-hydrogen) atoms. The number of aliphatic hydroxyl groups is 1. The van der Waals surface area contributed by atoms with Gasteiger partial charge in [0.15, 0.2) is 5.82 Å². The molecule has 1 aromatic rings. The predicted molar refractivity (Wildman–Crippen MR) is 63.6 cm³/mol. The molecule has 0 amide bonds. The first-order valence-corrected chi connectivity index (χ1v) is 5.77. The van der Waals surface area contributed by atoms with Gasteiger partial charge in [-0.15, -0.1) is 5.10 Å². The summed E-state index contributed by atoms with van der Waals surface area (Å²) in [5.74, 6) is 0.941. The third kappa shape index (κ3) is 2.08. The van der Waals surface area contributed by atoms with Gasteiger partial charge in [0.25, 0.3) is 0 Å². The Kier molecular flexibility index (Phi) is 3.25. The third-order valence-electron chi connectivity index (χ3n) is 3.39. The Balaban J connectivity index is 2.34. The van der Waals surface area contributed by atoms with Crippen LogP contribution in [0.2, 0.25) is 0 Å². The SMILES string of the molecule is Cc1nnc(N2CCC(CO)C2)c(C#N)c1C. The molecular weight excluding hydrogens is 216 g/mol. The van der Waals surface area contributed by atoms with E-state index in [-0.39, 0.29) is 12.5 Å². The van der Waals surface area contributed by atoms with Gasteiger partial charge in [-0.1, -0.05) is 0 Å². The molecule has 5 heteroatoms. The quantitative estimate of drug-likeness (QED) is 0.815. The van der Waals surface area contributed by atoms with Gasteiger partial charge in [0.2, 0.25) is 0 Å². The van der Waals surface area contributed by atoms with Crippen LogP contribution in [0.5, 0.6) is 0 Å². The number of aryl methyl sites for hydroxylation is 1. The summed E-state index contributed by atoms with van der Waals surface area (Å²) in [4.78, 5) is 2.04. The van der Waals surface area contributed by atoms with Gasteiger partial charge >= 0.3 is 0 Å². The first kappa shape index (κ1) is 11.8. The Bertz CT molecular complexity index is 466. The molecule has 90 valence electrons. The van der Waals surface area contributed by atoms with Crippen molar-refractivity contribution in [1.82, 2.24) is 10.2 Å². The van der Waals surface area contributed by atoms with E-state index >= 15 is 0 Å². The van der Waals surface area contributed by atoms with Crippen LogP contribution in [0.15, 0.2) is 0 Å². The van der Waals surface area contributed by atoms with Crippen molar-refractivity contribution in [3.8, 4) is 6.07 Å². The van der Waals surface area contributed by atoms with Gasteiger partial charge in [-0.25, -0.2) is 0 Å². The Morgan fingerprint density at radius 3 is 2.82 bits per heavy atom. The van der Waals surface area contributed by atoms with Crippen LogP contribution in [-0.4, -0.2) is 35.0 Å². The molecule has 1 saturated heterocycles. The largest absolute Gasteiger partial charge is 0.396 e. The molecule has 0 aromatic carbocycles. The van der Waals surface area contributed by atoms with Gasteiger partial charge in [-0.2, -0.15) is 10.4 Å². The van der Waals surface area contributed by atoms with E-state index in [9.17, 15) is 5.26 Å². The second-order valence-electron chi connectivity index (χ2n) is 4.50. The summed E-state index contributed by atoms with van der Waals surface area (Å²) in [6.45, 7) is 5.52. The summed E-state index contributed by atoms with van der Waals surface area (Å²) in [7, 11) is 0. The monoisotopic (exact) mass is 232 g/mol. The Hall–Kier alpha value is -1.67. The summed E-state index contributed by atoms with van der Waals surface area (Å²) < 4.78 is 0. The second kappa shape index (κ2) is 4.68. The van der Waals surface area contributed by atoms with Gasteiger partial charge < -0.3 is 10.0 Å². The average molecular weight is 232 g/mol. The number of hydrogen-bond acceptors (Lipinski definition) is 5. The molecule has 0 saturated carbocycles. The van der Waals surface area contributed by atoms with E-state index in [1.54, 1.807) is 0 Å². The highest BCUT2D eigenvalue weighted by atomic mass is 16.3. The highest BCUT2D eigenvalue weighted by molar-refractivity contribution is 5.57. The van der Waals surface area contributed by atoms with Crippen molar-refractivity contribution in [2.75, 3.05) is 24.6 Å². The van der Waals surface area contributed by atoms with E-state index in [0.29, 0.717) is 11.4 Å². The lowest BCUT2D eigenvalue weighted by molar-refractivity contribution is 0.238. The van der Waals surface area contributed by atoms with Crippen molar-refractivity contribution in [3.05, 3.63) is 16.8 Å². The Morgan fingerprint density at radius 2 is 2.24 bits per heavy atom. The molecule has 1 aliphatic rings. The van der Waals surface area contributed by atoms with E-state index in [0.717, 1.165) is 30.8 Å². The fraction of sp³-hybridized carbons (Fsp3) is 0.583. The van der Waals surface area contributed by atoms with Crippen molar-refractivity contribution in [1.29, 1.82) is 5.26 Å². The molecule has 0 aliphatic carbocycles. The lowest BCUT2D eigenvalue weighted by atomic mass is 10.1. The Labute approximate surface area is 101 Å². The average Bonchev–Trinajstić information content (AvgIpc) is 2.81. The Morgan fingerprint density at radius 1 is 1.47 bits per heavy atom. The minimum atomic E-state index is 0.191. The zero-order valence-electron chi connectivity index (χ0n) is 10.1. The van der Waals surface area contributed by atoms with E-state index in [4.69, 9.17) is 5.11 Å². The first-order chi connectivity index (χ1) is 8.17. The molecule has 1 unspecified atom stereocenters. The smallest absolute Gasteiger partial charge is 0.169 e. The van der Waals surface area contributed by atoms with Crippen LogP contribution in [0.4, 0.5) is 5.82 Å². The van der Waals surface area contributed by atoms with Crippen molar-refractivity contribution in [2.24, 2.45) is 5.92 Å². The normalized spacial score (nSPS) is 19.4. The zero-order valence-corrected chi connectivity index (χ0v) is 10.1. The zero-order chi connectivity index (χ0) is 12.4. The maximum atomic E-state index is 9.21. The van der Waals surface area contributed by atoms with E-state index in [1.807, 2.05) is 18.7 Å². The van der Waals surface area contributed by atoms with Crippen LogP contribution >= 0.6 is 0 Å². The molecule has 0 radical (unpaired) electrons. The molecule has 2 rings (SSSR count). The highest BCUT2D eigenvalue weighted by Crippen LogP contribution is 2.26. The minimum Gasteiger partial charge on any atom is -0.396 e. The van der Waals surface area contributed by atoms with E-state index in [2.05, 4.69) is 16.3 Å². The van der Waals surface area contributed by atoms with Crippen molar-refractivity contribution in [3.63, 3.8) is 0 Å². The fourth-order valence-electron chi connectivity index (χ4n) is 2.13. The maximum Gasteiger partial charge on any atom is 0.169 e. The summed E-state index contributed by atoms with van der Waals surface area (Å²) in [5, 5.41) is 26.6. The molecule has 1 N–H and O–H groups in total.